The van der Waals surface area contributed by atoms with E-state index < -0.39 is 0 Å². The van der Waals surface area contributed by atoms with Crippen molar-refractivity contribution in [2.45, 2.75) is 6.42 Å². The first-order valence-corrected chi connectivity index (χ1v) is 6.47. The van der Waals surface area contributed by atoms with E-state index in [0.29, 0.717) is 12.1 Å². The molecule has 1 aromatic carbocycles. The number of carbonyl (C=O) groups is 1. The lowest BCUT2D eigenvalue weighted by molar-refractivity contribution is 0.0954. The Morgan fingerprint density at radius 3 is 2.67 bits per heavy atom. The molecule has 18 heavy (non-hydrogen) atoms. The van der Waals surface area contributed by atoms with Crippen molar-refractivity contribution in [1.82, 2.24) is 15.1 Å². The number of aryl methyl sites for hydroxylation is 1. The number of amides is 1. The van der Waals surface area contributed by atoms with Gasteiger partial charge in [-0.15, -0.1) is 0 Å². The highest BCUT2D eigenvalue weighted by Crippen LogP contribution is 2.10. The lowest BCUT2D eigenvalue weighted by Crippen LogP contribution is -2.26. The molecular formula is C13H14BrN3O. The Morgan fingerprint density at radius 1 is 1.33 bits per heavy atom. The topological polar surface area (TPSA) is 46.9 Å². The Hall–Kier alpha value is -1.62. The van der Waals surface area contributed by atoms with Crippen molar-refractivity contribution in [3.63, 3.8) is 0 Å². The van der Waals surface area contributed by atoms with Crippen LogP contribution in [0.1, 0.15) is 16.1 Å². The van der Waals surface area contributed by atoms with E-state index in [0.717, 1.165) is 16.6 Å². The van der Waals surface area contributed by atoms with Crippen LogP contribution in [0.4, 0.5) is 0 Å². The van der Waals surface area contributed by atoms with Crippen LogP contribution in [-0.4, -0.2) is 22.2 Å². The first-order chi connectivity index (χ1) is 8.66. The molecule has 0 aliphatic heterocycles. The predicted octanol–water partition coefficient (Wildman–Crippen LogP) is 2.16. The van der Waals surface area contributed by atoms with E-state index in [1.54, 1.807) is 18.3 Å². The molecule has 5 heteroatoms. The van der Waals surface area contributed by atoms with Crippen molar-refractivity contribution < 1.29 is 4.79 Å². The van der Waals surface area contributed by atoms with Crippen LogP contribution in [0, 0.1) is 0 Å². The summed E-state index contributed by atoms with van der Waals surface area (Å²) in [6.07, 6.45) is 2.53. The second-order valence-electron chi connectivity index (χ2n) is 3.96. The zero-order chi connectivity index (χ0) is 13.0. The maximum atomic E-state index is 11.8. The Bertz CT molecular complexity index is 533. The number of rotatable bonds is 4. The maximum Gasteiger partial charge on any atom is 0.251 e. The number of hydrogen-bond donors (Lipinski definition) is 1. The zero-order valence-corrected chi connectivity index (χ0v) is 11.6. The second kappa shape index (κ2) is 5.82. The Labute approximate surface area is 114 Å². The van der Waals surface area contributed by atoms with E-state index in [9.17, 15) is 4.79 Å². The number of halogens is 1. The van der Waals surface area contributed by atoms with Gasteiger partial charge in [-0.3, -0.25) is 9.48 Å². The molecule has 1 amide bonds. The van der Waals surface area contributed by atoms with Crippen LogP contribution in [0.15, 0.2) is 41.0 Å². The van der Waals surface area contributed by atoms with Gasteiger partial charge in [-0.05, 0) is 30.3 Å². The van der Waals surface area contributed by atoms with Crippen LogP contribution in [-0.2, 0) is 13.5 Å². The van der Waals surface area contributed by atoms with Crippen molar-refractivity contribution in [1.29, 1.82) is 0 Å². The summed E-state index contributed by atoms with van der Waals surface area (Å²) in [5.74, 6) is -0.0512. The van der Waals surface area contributed by atoms with E-state index in [1.165, 1.54) is 0 Å². The number of aromatic nitrogens is 2. The molecule has 1 aromatic heterocycles. The van der Waals surface area contributed by atoms with Gasteiger partial charge in [0.15, 0.2) is 0 Å². The molecule has 0 bridgehead atoms. The fourth-order valence-corrected chi connectivity index (χ4v) is 1.92. The normalized spacial score (nSPS) is 10.3. The van der Waals surface area contributed by atoms with Crippen molar-refractivity contribution >= 4 is 21.8 Å². The van der Waals surface area contributed by atoms with E-state index in [4.69, 9.17) is 0 Å². The SMILES string of the molecule is Cn1nccc1CCNC(=O)c1ccc(Br)cc1. The van der Waals surface area contributed by atoms with E-state index in [1.807, 2.05) is 29.9 Å². The second-order valence-corrected chi connectivity index (χ2v) is 4.87. The summed E-state index contributed by atoms with van der Waals surface area (Å²) in [7, 11) is 1.89. The first kappa shape index (κ1) is 12.8. The molecule has 4 nitrogen and oxygen atoms in total. The molecule has 0 spiro atoms. The van der Waals surface area contributed by atoms with Gasteiger partial charge in [-0.25, -0.2) is 0 Å². The lowest BCUT2D eigenvalue weighted by Gasteiger charge is -2.05. The fourth-order valence-electron chi connectivity index (χ4n) is 1.65. The number of carbonyl (C=O) groups excluding carboxylic acids is 1. The third kappa shape index (κ3) is 3.20. The minimum Gasteiger partial charge on any atom is -0.352 e. The van der Waals surface area contributed by atoms with Gasteiger partial charge < -0.3 is 5.32 Å². The third-order valence-corrected chi connectivity index (χ3v) is 3.22. The molecule has 0 atom stereocenters. The van der Waals surface area contributed by atoms with Crippen LogP contribution in [0.5, 0.6) is 0 Å². The van der Waals surface area contributed by atoms with Crippen molar-refractivity contribution in [2.24, 2.45) is 7.05 Å². The lowest BCUT2D eigenvalue weighted by atomic mass is 10.2. The summed E-state index contributed by atoms with van der Waals surface area (Å²) in [6, 6.07) is 9.25. The average Bonchev–Trinajstić information content (AvgIpc) is 2.76. The predicted molar refractivity (Wildman–Crippen MR) is 73.4 cm³/mol. The molecule has 1 heterocycles. The van der Waals surface area contributed by atoms with Crippen LogP contribution in [0.3, 0.4) is 0 Å². The highest BCUT2D eigenvalue weighted by molar-refractivity contribution is 9.10. The molecule has 2 rings (SSSR count). The minimum atomic E-state index is -0.0512. The van der Waals surface area contributed by atoms with Crippen LogP contribution in [0.25, 0.3) is 0 Å². The van der Waals surface area contributed by atoms with Crippen LogP contribution in [0.2, 0.25) is 0 Å². The van der Waals surface area contributed by atoms with Gasteiger partial charge in [0.1, 0.15) is 0 Å². The van der Waals surface area contributed by atoms with E-state index in [-0.39, 0.29) is 5.91 Å². The third-order valence-electron chi connectivity index (χ3n) is 2.70. The summed E-state index contributed by atoms with van der Waals surface area (Å²) in [5, 5.41) is 6.97. The molecule has 2 aromatic rings. The average molecular weight is 308 g/mol. The van der Waals surface area contributed by atoms with Crippen molar-refractivity contribution in [2.75, 3.05) is 6.54 Å². The monoisotopic (exact) mass is 307 g/mol. The van der Waals surface area contributed by atoms with Crippen LogP contribution < -0.4 is 5.32 Å². The smallest absolute Gasteiger partial charge is 0.251 e. The molecule has 0 saturated carbocycles. The van der Waals surface area contributed by atoms with E-state index >= 15 is 0 Å². The molecular weight excluding hydrogens is 294 g/mol. The van der Waals surface area contributed by atoms with Crippen molar-refractivity contribution in [3.8, 4) is 0 Å². The molecule has 94 valence electrons. The Balaban J connectivity index is 1.85. The van der Waals surface area contributed by atoms with Gasteiger partial charge in [-0.1, -0.05) is 15.9 Å². The van der Waals surface area contributed by atoms with Gasteiger partial charge in [-0.2, -0.15) is 5.10 Å². The highest BCUT2D eigenvalue weighted by Gasteiger charge is 2.05. The van der Waals surface area contributed by atoms with Gasteiger partial charge in [0.05, 0.1) is 0 Å². The maximum absolute atomic E-state index is 11.8. The summed E-state index contributed by atoms with van der Waals surface area (Å²) in [4.78, 5) is 11.8. The molecule has 0 radical (unpaired) electrons. The van der Waals surface area contributed by atoms with Gasteiger partial charge in [0, 0.05) is 41.9 Å². The molecule has 0 unspecified atom stereocenters. The number of hydrogen-bond acceptors (Lipinski definition) is 2. The fraction of sp³-hybridized carbons (Fsp3) is 0.231. The zero-order valence-electron chi connectivity index (χ0n) is 10.1. The minimum absolute atomic E-state index is 0.0512. The largest absolute Gasteiger partial charge is 0.352 e. The Morgan fingerprint density at radius 2 is 2.06 bits per heavy atom. The van der Waals surface area contributed by atoms with Gasteiger partial charge >= 0.3 is 0 Å². The molecule has 1 N–H and O–H groups in total. The Kier molecular flexibility index (Phi) is 4.15. The summed E-state index contributed by atoms with van der Waals surface area (Å²) < 4.78 is 2.78. The molecule has 0 fully saturated rings. The quantitative estimate of drug-likeness (QED) is 0.941. The van der Waals surface area contributed by atoms with Crippen molar-refractivity contribution in [3.05, 3.63) is 52.3 Å². The highest BCUT2D eigenvalue weighted by atomic mass is 79.9. The summed E-state index contributed by atoms with van der Waals surface area (Å²) >= 11 is 3.34. The number of nitrogens with one attached hydrogen (secondary N) is 1. The van der Waals surface area contributed by atoms with Crippen LogP contribution >= 0.6 is 15.9 Å². The number of benzene rings is 1. The van der Waals surface area contributed by atoms with Gasteiger partial charge in [0.2, 0.25) is 0 Å². The van der Waals surface area contributed by atoms with Gasteiger partial charge in [0.25, 0.3) is 5.91 Å². The molecule has 0 saturated heterocycles. The first-order valence-electron chi connectivity index (χ1n) is 5.67. The standard InChI is InChI=1S/C13H14BrN3O/c1-17-12(7-9-16-17)6-8-15-13(18)10-2-4-11(14)5-3-10/h2-5,7,9H,6,8H2,1H3,(H,15,18). The summed E-state index contributed by atoms with van der Waals surface area (Å²) in [5.41, 5.74) is 1.77. The molecule has 0 aliphatic rings. The van der Waals surface area contributed by atoms with E-state index in [2.05, 4.69) is 26.3 Å². The summed E-state index contributed by atoms with van der Waals surface area (Å²) in [6.45, 7) is 0.606. The number of nitrogens with zero attached hydrogens (tertiary/aromatic N) is 2. The molecule has 0 aliphatic carbocycles.